The molecule has 1 unspecified atom stereocenters. The van der Waals surface area contributed by atoms with Gasteiger partial charge in [0.1, 0.15) is 23.2 Å². The van der Waals surface area contributed by atoms with Crippen molar-refractivity contribution in [2.24, 2.45) is 0 Å². The molecule has 4 heteroatoms. The van der Waals surface area contributed by atoms with E-state index in [2.05, 4.69) is 6.92 Å². The summed E-state index contributed by atoms with van der Waals surface area (Å²) in [6.45, 7) is 4.08. The number of ether oxygens (including phenoxy) is 1. The maximum atomic E-state index is 15.2. The summed E-state index contributed by atoms with van der Waals surface area (Å²) in [7, 11) is 0. The Morgan fingerprint density at radius 2 is 1.29 bits per heavy atom. The van der Waals surface area contributed by atoms with Crippen LogP contribution in [-0.4, -0.2) is 6.10 Å². The molecule has 1 heterocycles. The van der Waals surface area contributed by atoms with E-state index in [9.17, 15) is 8.78 Å². The van der Waals surface area contributed by atoms with E-state index < -0.39 is 17.5 Å². The molecule has 1 aliphatic rings. The number of rotatable bonds is 5. The van der Waals surface area contributed by atoms with Crippen LogP contribution >= 0.6 is 0 Å². The summed E-state index contributed by atoms with van der Waals surface area (Å²) in [5, 5.41) is 0. The molecule has 1 nitrogen and oxygen atoms in total. The maximum absolute atomic E-state index is 15.2. The summed E-state index contributed by atoms with van der Waals surface area (Å²) in [6.07, 6.45) is 3.78. The Balaban J connectivity index is 1.43. The van der Waals surface area contributed by atoms with Crippen LogP contribution in [0.1, 0.15) is 37.3 Å². The third-order valence-corrected chi connectivity index (χ3v) is 6.71. The van der Waals surface area contributed by atoms with Crippen LogP contribution < -0.4 is 4.74 Å². The lowest BCUT2D eigenvalue weighted by molar-refractivity contribution is 0.162. The van der Waals surface area contributed by atoms with Gasteiger partial charge in [0, 0.05) is 22.8 Å². The Morgan fingerprint density at radius 3 is 1.91 bits per heavy atom. The van der Waals surface area contributed by atoms with Crippen molar-refractivity contribution in [1.29, 1.82) is 0 Å². The van der Waals surface area contributed by atoms with Gasteiger partial charge in [-0.2, -0.15) is 0 Å². The monoisotopic (exact) mass is 472 g/mol. The van der Waals surface area contributed by atoms with Crippen molar-refractivity contribution in [3.05, 3.63) is 101 Å². The Morgan fingerprint density at radius 1 is 0.714 bits per heavy atom. The standard InChI is InChI=1S/C31H27F3O/c1-3-4-24-12-9-23-15-27(30(34)18-31(23)35-24)22-11-14-26(29(33)17-22)21-10-13-25(28(32)16-21)20-7-5-19(2)6-8-20/h5-8,10-11,13-18,24H,3-4,9,12H2,1-2H3. The minimum absolute atomic E-state index is 0.118. The second-order valence-electron chi connectivity index (χ2n) is 9.26. The number of hydrogen-bond donors (Lipinski definition) is 0. The molecule has 5 rings (SSSR count). The number of benzene rings is 4. The number of halogens is 3. The molecule has 0 fully saturated rings. The van der Waals surface area contributed by atoms with E-state index >= 15 is 4.39 Å². The van der Waals surface area contributed by atoms with Gasteiger partial charge in [0.25, 0.3) is 0 Å². The molecule has 1 atom stereocenters. The highest BCUT2D eigenvalue weighted by atomic mass is 19.1. The molecule has 0 aliphatic carbocycles. The SMILES string of the molecule is CCCC1CCc2cc(-c3ccc(-c4ccc(-c5ccc(C)cc5)c(F)c4)c(F)c3)c(F)cc2O1. The van der Waals surface area contributed by atoms with Gasteiger partial charge in [-0.05, 0) is 66.6 Å². The van der Waals surface area contributed by atoms with E-state index in [0.29, 0.717) is 28.0 Å². The number of aryl methyl sites for hydroxylation is 2. The summed E-state index contributed by atoms with van der Waals surface area (Å²) in [5.74, 6) is -0.808. The topological polar surface area (TPSA) is 9.23 Å². The van der Waals surface area contributed by atoms with Gasteiger partial charge in [-0.15, -0.1) is 0 Å². The molecule has 4 aromatic carbocycles. The molecule has 0 saturated carbocycles. The van der Waals surface area contributed by atoms with E-state index in [0.717, 1.165) is 42.4 Å². The van der Waals surface area contributed by atoms with E-state index in [1.165, 1.54) is 18.2 Å². The van der Waals surface area contributed by atoms with Crippen molar-refractivity contribution in [2.75, 3.05) is 0 Å². The number of hydrogen-bond acceptors (Lipinski definition) is 1. The summed E-state index contributed by atoms with van der Waals surface area (Å²) in [5.41, 5.74) is 4.75. The third kappa shape index (κ3) is 4.70. The highest BCUT2D eigenvalue weighted by molar-refractivity contribution is 5.75. The first kappa shape index (κ1) is 23.2. The first-order valence-electron chi connectivity index (χ1n) is 12.1. The van der Waals surface area contributed by atoms with Gasteiger partial charge in [0.15, 0.2) is 0 Å². The van der Waals surface area contributed by atoms with Crippen molar-refractivity contribution in [2.45, 2.75) is 45.6 Å². The second kappa shape index (κ2) is 9.61. The first-order chi connectivity index (χ1) is 16.9. The Bertz CT molecular complexity index is 1380. The molecule has 0 bridgehead atoms. The van der Waals surface area contributed by atoms with Crippen LogP contribution in [0.3, 0.4) is 0 Å². The molecule has 4 aromatic rings. The smallest absolute Gasteiger partial charge is 0.134 e. The average Bonchev–Trinajstić information content (AvgIpc) is 2.84. The fourth-order valence-corrected chi connectivity index (χ4v) is 4.77. The van der Waals surface area contributed by atoms with Gasteiger partial charge in [-0.1, -0.05) is 67.4 Å². The molecule has 1 aliphatic heterocycles. The van der Waals surface area contributed by atoms with Crippen LogP contribution in [0.5, 0.6) is 5.75 Å². The summed E-state index contributed by atoms with van der Waals surface area (Å²) < 4.78 is 51.0. The highest BCUT2D eigenvalue weighted by Crippen LogP contribution is 2.37. The normalized spacial score (nSPS) is 14.9. The van der Waals surface area contributed by atoms with Crippen LogP contribution in [0.25, 0.3) is 33.4 Å². The summed E-state index contributed by atoms with van der Waals surface area (Å²) in [4.78, 5) is 0. The zero-order chi connectivity index (χ0) is 24.5. The van der Waals surface area contributed by atoms with E-state index in [-0.39, 0.29) is 11.7 Å². The Labute approximate surface area is 204 Å². The van der Waals surface area contributed by atoms with Crippen LogP contribution in [0.4, 0.5) is 13.2 Å². The molecule has 0 spiro atoms. The first-order valence-corrected chi connectivity index (χ1v) is 12.1. The predicted octanol–water partition coefficient (Wildman–Crippen LogP) is 8.91. The van der Waals surface area contributed by atoms with E-state index in [1.807, 2.05) is 31.2 Å². The lowest BCUT2D eigenvalue weighted by Crippen LogP contribution is -2.22. The molecular formula is C31H27F3O. The molecule has 0 N–H and O–H groups in total. The van der Waals surface area contributed by atoms with Crippen molar-refractivity contribution >= 4 is 0 Å². The summed E-state index contributed by atoms with van der Waals surface area (Å²) in [6, 6.07) is 20.1. The average molecular weight is 473 g/mol. The van der Waals surface area contributed by atoms with Crippen molar-refractivity contribution in [3.63, 3.8) is 0 Å². The van der Waals surface area contributed by atoms with Gasteiger partial charge < -0.3 is 4.74 Å². The highest BCUT2D eigenvalue weighted by Gasteiger charge is 2.22. The van der Waals surface area contributed by atoms with Crippen molar-refractivity contribution in [1.82, 2.24) is 0 Å². The minimum Gasteiger partial charge on any atom is -0.490 e. The van der Waals surface area contributed by atoms with E-state index in [1.54, 1.807) is 30.3 Å². The molecule has 0 saturated heterocycles. The molecular weight excluding hydrogens is 445 g/mol. The lowest BCUT2D eigenvalue weighted by Gasteiger charge is -2.26. The summed E-state index contributed by atoms with van der Waals surface area (Å²) >= 11 is 0. The van der Waals surface area contributed by atoms with Gasteiger partial charge >= 0.3 is 0 Å². The van der Waals surface area contributed by atoms with Crippen molar-refractivity contribution < 1.29 is 17.9 Å². The maximum Gasteiger partial charge on any atom is 0.134 e. The van der Waals surface area contributed by atoms with Gasteiger partial charge in [0.05, 0.1) is 6.10 Å². The van der Waals surface area contributed by atoms with Crippen molar-refractivity contribution in [3.8, 4) is 39.1 Å². The predicted molar refractivity (Wildman–Crippen MR) is 135 cm³/mol. The molecule has 35 heavy (non-hydrogen) atoms. The van der Waals surface area contributed by atoms with Crippen LogP contribution in [0.15, 0.2) is 72.8 Å². The third-order valence-electron chi connectivity index (χ3n) is 6.71. The zero-order valence-corrected chi connectivity index (χ0v) is 19.9. The molecule has 0 aromatic heterocycles. The van der Waals surface area contributed by atoms with E-state index in [4.69, 9.17) is 4.74 Å². The molecule has 178 valence electrons. The second-order valence-corrected chi connectivity index (χ2v) is 9.26. The minimum atomic E-state index is -0.527. The lowest BCUT2D eigenvalue weighted by atomic mass is 9.93. The van der Waals surface area contributed by atoms with Crippen LogP contribution in [0.2, 0.25) is 0 Å². The van der Waals surface area contributed by atoms with Gasteiger partial charge in [-0.3, -0.25) is 0 Å². The molecule has 0 amide bonds. The quantitative estimate of drug-likeness (QED) is 0.282. The zero-order valence-electron chi connectivity index (χ0n) is 19.9. The van der Waals surface area contributed by atoms with Crippen LogP contribution in [0, 0.1) is 24.4 Å². The Kier molecular flexibility index (Phi) is 6.38. The Hall–Kier alpha value is -3.53. The van der Waals surface area contributed by atoms with Gasteiger partial charge in [0.2, 0.25) is 0 Å². The van der Waals surface area contributed by atoms with Crippen LogP contribution in [-0.2, 0) is 6.42 Å². The molecule has 0 radical (unpaired) electrons. The number of fused-ring (bicyclic) bond motifs is 1. The fourth-order valence-electron chi connectivity index (χ4n) is 4.77. The fraction of sp³-hybridized carbons (Fsp3) is 0.226. The largest absolute Gasteiger partial charge is 0.490 e. The van der Waals surface area contributed by atoms with Gasteiger partial charge in [-0.25, -0.2) is 13.2 Å².